The van der Waals surface area contributed by atoms with Gasteiger partial charge in [-0.1, -0.05) is 0 Å². The molecule has 10 heavy (non-hydrogen) atoms. The highest BCUT2D eigenvalue weighted by Gasteiger charge is 2.16. The van der Waals surface area contributed by atoms with Crippen molar-refractivity contribution >= 4 is 38.4 Å². The first kappa shape index (κ1) is 13.3. The average Bonchev–Trinajstić information content (AvgIpc) is 1.65. The molecule has 0 radical (unpaired) electrons. The number of hydrogen-bond acceptors (Lipinski definition) is 3. The lowest BCUT2D eigenvalue weighted by Crippen LogP contribution is -2.30. The first-order valence-corrected chi connectivity index (χ1v) is 4.96. The molecule has 0 heterocycles. The molecular weight excluding hydrogens is 241 g/mol. The minimum atomic E-state index is -3.02. The van der Waals surface area contributed by atoms with E-state index in [0.717, 1.165) is 6.26 Å². The Bertz CT molecular complexity index is 166. The maximum Gasteiger partial charge on any atom is 0.152 e. The molecular formula is C4H11BrClNO2S. The van der Waals surface area contributed by atoms with Gasteiger partial charge in [-0.05, 0) is 0 Å². The molecule has 0 saturated heterocycles. The standard InChI is InChI=1S/C4H10ClNO2S.BrH/c1-9(7,8)4(2-5)3-6;/h4H,2-3,6H2,1H3;1H. The summed E-state index contributed by atoms with van der Waals surface area (Å²) in [6, 6.07) is 0. The quantitative estimate of drug-likeness (QED) is 0.729. The van der Waals surface area contributed by atoms with Gasteiger partial charge in [0.25, 0.3) is 0 Å². The highest BCUT2D eigenvalue weighted by Crippen LogP contribution is 1.98. The van der Waals surface area contributed by atoms with Crippen molar-refractivity contribution in [3.05, 3.63) is 0 Å². The molecule has 0 aliphatic carbocycles. The highest BCUT2D eigenvalue weighted by atomic mass is 79.9. The van der Waals surface area contributed by atoms with Gasteiger partial charge in [0.2, 0.25) is 0 Å². The summed E-state index contributed by atoms with van der Waals surface area (Å²) in [7, 11) is -3.02. The van der Waals surface area contributed by atoms with E-state index in [9.17, 15) is 8.42 Å². The summed E-state index contributed by atoms with van der Waals surface area (Å²) < 4.78 is 21.3. The van der Waals surface area contributed by atoms with E-state index in [1.165, 1.54) is 0 Å². The van der Waals surface area contributed by atoms with Crippen molar-refractivity contribution in [1.29, 1.82) is 0 Å². The van der Waals surface area contributed by atoms with Crippen LogP contribution in [0.2, 0.25) is 0 Å². The van der Waals surface area contributed by atoms with E-state index in [-0.39, 0.29) is 29.4 Å². The van der Waals surface area contributed by atoms with Crippen LogP contribution in [0.25, 0.3) is 0 Å². The number of alkyl halides is 1. The monoisotopic (exact) mass is 251 g/mol. The van der Waals surface area contributed by atoms with Crippen LogP contribution in [0.15, 0.2) is 0 Å². The molecule has 0 aromatic heterocycles. The second kappa shape index (κ2) is 5.35. The van der Waals surface area contributed by atoms with Gasteiger partial charge in [0.05, 0.1) is 5.25 Å². The van der Waals surface area contributed by atoms with E-state index in [2.05, 4.69) is 0 Å². The third-order valence-corrected chi connectivity index (χ3v) is 3.17. The molecule has 0 rings (SSSR count). The van der Waals surface area contributed by atoms with Crippen molar-refractivity contribution in [3.63, 3.8) is 0 Å². The molecule has 2 N–H and O–H groups in total. The number of rotatable bonds is 3. The molecule has 0 amide bonds. The molecule has 0 aliphatic rings. The molecule has 0 aliphatic heterocycles. The molecule has 0 bridgehead atoms. The Balaban J connectivity index is 0. The fraction of sp³-hybridized carbons (Fsp3) is 1.00. The van der Waals surface area contributed by atoms with Crippen LogP contribution in [-0.2, 0) is 9.84 Å². The molecule has 64 valence electrons. The Morgan fingerprint density at radius 2 is 2.00 bits per heavy atom. The van der Waals surface area contributed by atoms with E-state index >= 15 is 0 Å². The van der Waals surface area contributed by atoms with Crippen LogP contribution >= 0.6 is 28.6 Å². The van der Waals surface area contributed by atoms with Crippen LogP contribution in [0.5, 0.6) is 0 Å². The number of nitrogens with two attached hydrogens (primary N) is 1. The summed E-state index contributed by atoms with van der Waals surface area (Å²) in [5.74, 6) is 0.0787. The summed E-state index contributed by atoms with van der Waals surface area (Å²) in [6.07, 6.45) is 1.13. The Hall–Kier alpha value is 0.680. The number of hydrogen-bond donors (Lipinski definition) is 1. The van der Waals surface area contributed by atoms with E-state index in [0.29, 0.717) is 0 Å². The molecule has 0 saturated carbocycles. The van der Waals surface area contributed by atoms with Crippen LogP contribution in [-0.4, -0.2) is 32.3 Å². The summed E-state index contributed by atoms with van der Waals surface area (Å²) in [6.45, 7) is 0.0995. The van der Waals surface area contributed by atoms with Gasteiger partial charge in [-0.25, -0.2) is 8.42 Å². The van der Waals surface area contributed by atoms with Gasteiger partial charge < -0.3 is 5.73 Å². The normalized spacial score (nSPS) is 13.9. The third kappa shape index (κ3) is 4.49. The minimum absolute atomic E-state index is 0. The van der Waals surface area contributed by atoms with Gasteiger partial charge in [-0.15, -0.1) is 28.6 Å². The van der Waals surface area contributed by atoms with Crippen molar-refractivity contribution in [2.24, 2.45) is 5.73 Å². The van der Waals surface area contributed by atoms with E-state index < -0.39 is 15.1 Å². The molecule has 3 nitrogen and oxygen atoms in total. The predicted octanol–water partition coefficient (Wildman–Crippen LogP) is 0.175. The molecule has 0 aromatic carbocycles. The lowest BCUT2D eigenvalue weighted by molar-refractivity contribution is 0.590. The van der Waals surface area contributed by atoms with Gasteiger partial charge in [-0.2, -0.15) is 0 Å². The van der Waals surface area contributed by atoms with Gasteiger partial charge in [0.15, 0.2) is 9.84 Å². The number of sulfone groups is 1. The molecule has 0 fully saturated rings. The van der Waals surface area contributed by atoms with Crippen LogP contribution in [0.1, 0.15) is 0 Å². The summed E-state index contributed by atoms with van der Waals surface area (Å²) in [5, 5.41) is -0.584. The van der Waals surface area contributed by atoms with Crippen molar-refractivity contribution in [1.82, 2.24) is 0 Å². The summed E-state index contributed by atoms with van der Waals surface area (Å²) in [4.78, 5) is 0. The lowest BCUT2D eigenvalue weighted by atomic mass is 10.5. The largest absolute Gasteiger partial charge is 0.329 e. The molecule has 0 aromatic rings. The van der Waals surface area contributed by atoms with Crippen LogP contribution in [0, 0.1) is 0 Å². The van der Waals surface area contributed by atoms with Crippen LogP contribution < -0.4 is 5.73 Å². The fourth-order valence-corrected chi connectivity index (χ4v) is 1.74. The Labute approximate surface area is 76.6 Å². The lowest BCUT2D eigenvalue weighted by Gasteiger charge is -2.06. The summed E-state index contributed by atoms with van der Waals surface area (Å²) >= 11 is 5.29. The van der Waals surface area contributed by atoms with Gasteiger partial charge in [0.1, 0.15) is 0 Å². The molecule has 6 heteroatoms. The third-order valence-electron chi connectivity index (χ3n) is 1.04. The van der Waals surface area contributed by atoms with Gasteiger partial charge >= 0.3 is 0 Å². The van der Waals surface area contributed by atoms with Crippen molar-refractivity contribution < 1.29 is 8.42 Å². The first-order chi connectivity index (χ1) is 4.02. The second-order valence-electron chi connectivity index (χ2n) is 1.84. The zero-order valence-corrected chi connectivity index (χ0v) is 8.87. The zero-order chi connectivity index (χ0) is 7.49. The topological polar surface area (TPSA) is 60.2 Å². The molecule has 1 atom stereocenters. The van der Waals surface area contributed by atoms with E-state index in [1.807, 2.05) is 0 Å². The van der Waals surface area contributed by atoms with Gasteiger partial charge in [0, 0.05) is 18.7 Å². The highest BCUT2D eigenvalue weighted by molar-refractivity contribution is 8.93. The maximum absolute atomic E-state index is 10.6. The smallest absolute Gasteiger partial charge is 0.152 e. The predicted molar refractivity (Wildman–Crippen MR) is 48.7 cm³/mol. The Morgan fingerprint density at radius 3 is 2.00 bits per heavy atom. The first-order valence-electron chi connectivity index (χ1n) is 2.47. The number of halogens is 2. The second-order valence-corrected chi connectivity index (χ2v) is 4.48. The fourth-order valence-electron chi connectivity index (χ4n) is 0.352. The van der Waals surface area contributed by atoms with Crippen LogP contribution in [0.4, 0.5) is 0 Å². The van der Waals surface area contributed by atoms with E-state index in [4.69, 9.17) is 17.3 Å². The summed E-state index contributed by atoms with van der Waals surface area (Å²) in [5.41, 5.74) is 5.11. The Morgan fingerprint density at radius 1 is 1.60 bits per heavy atom. The van der Waals surface area contributed by atoms with Crippen LogP contribution in [0.3, 0.4) is 0 Å². The molecule has 1 unspecified atom stereocenters. The maximum atomic E-state index is 10.6. The zero-order valence-electron chi connectivity index (χ0n) is 5.58. The average molecular weight is 253 g/mol. The van der Waals surface area contributed by atoms with Crippen molar-refractivity contribution in [2.75, 3.05) is 18.7 Å². The Kier molecular flexibility index (Phi) is 7.10. The van der Waals surface area contributed by atoms with Gasteiger partial charge in [-0.3, -0.25) is 0 Å². The SMILES string of the molecule is Br.CS(=O)(=O)C(CN)CCl. The van der Waals surface area contributed by atoms with Crippen molar-refractivity contribution in [3.8, 4) is 0 Å². The minimum Gasteiger partial charge on any atom is -0.329 e. The van der Waals surface area contributed by atoms with E-state index in [1.54, 1.807) is 0 Å². The molecule has 0 spiro atoms. The van der Waals surface area contributed by atoms with Crippen molar-refractivity contribution in [2.45, 2.75) is 5.25 Å².